The Hall–Kier alpha value is -2.38. The highest BCUT2D eigenvalue weighted by molar-refractivity contribution is 7.19. The van der Waals surface area contributed by atoms with Gasteiger partial charge in [0.15, 0.2) is 5.13 Å². The molecule has 170 valence electrons. The molecule has 0 unspecified atom stereocenters. The van der Waals surface area contributed by atoms with Gasteiger partial charge in [-0.05, 0) is 71.6 Å². The molecule has 2 aliphatic heterocycles. The highest BCUT2D eigenvalue weighted by Gasteiger charge is 2.40. The molecule has 2 aromatic heterocycles. The third-order valence-corrected chi connectivity index (χ3v) is 7.89. The van der Waals surface area contributed by atoms with E-state index in [0.717, 1.165) is 40.1 Å². The van der Waals surface area contributed by atoms with Crippen LogP contribution >= 0.6 is 11.3 Å². The van der Waals surface area contributed by atoms with E-state index in [4.69, 9.17) is 9.72 Å². The quantitative estimate of drug-likeness (QED) is 0.554. The SMILES string of the molecule is Cc1n[nH]c(C)c1-c1ccc2c(c1)COc1nc(N(C)C3CC(C)(C)NC(C)(C)C3)sc1-2. The Morgan fingerprint density at radius 3 is 2.50 bits per heavy atom. The average Bonchev–Trinajstić information content (AvgIpc) is 3.27. The number of hydrogen-bond acceptors (Lipinski definition) is 6. The predicted octanol–water partition coefficient (Wildman–Crippen LogP) is 5.45. The second-order valence-electron chi connectivity index (χ2n) is 10.7. The number of aromatic amines is 1. The zero-order valence-corrected chi connectivity index (χ0v) is 20.9. The van der Waals surface area contributed by atoms with Crippen LogP contribution in [0.1, 0.15) is 57.5 Å². The van der Waals surface area contributed by atoms with E-state index in [0.29, 0.717) is 12.6 Å². The minimum Gasteiger partial charge on any atom is -0.472 e. The number of ether oxygens (including phenoxy) is 1. The van der Waals surface area contributed by atoms with Crippen LogP contribution < -0.4 is 15.0 Å². The zero-order chi connectivity index (χ0) is 22.8. The summed E-state index contributed by atoms with van der Waals surface area (Å²) < 4.78 is 6.12. The number of thiazole rings is 1. The normalized spacial score (nSPS) is 19.2. The van der Waals surface area contributed by atoms with E-state index < -0.39 is 0 Å². The van der Waals surface area contributed by atoms with Crippen LogP contribution in [0.5, 0.6) is 5.88 Å². The number of aryl methyl sites for hydroxylation is 2. The number of rotatable bonds is 3. The molecule has 0 radical (unpaired) electrons. The van der Waals surface area contributed by atoms with E-state index in [1.54, 1.807) is 11.3 Å². The molecule has 0 spiro atoms. The van der Waals surface area contributed by atoms with E-state index in [9.17, 15) is 0 Å². The van der Waals surface area contributed by atoms with E-state index in [1.807, 2.05) is 6.92 Å². The molecule has 1 aromatic carbocycles. The van der Waals surface area contributed by atoms with Gasteiger partial charge in [0, 0.05) is 41.0 Å². The van der Waals surface area contributed by atoms with Gasteiger partial charge in [0.2, 0.25) is 5.88 Å². The Morgan fingerprint density at radius 2 is 1.84 bits per heavy atom. The van der Waals surface area contributed by atoms with Gasteiger partial charge in [-0.2, -0.15) is 10.1 Å². The molecule has 4 heterocycles. The van der Waals surface area contributed by atoms with Crippen molar-refractivity contribution in [1.29, 1.82) is 0 Å². The van der Waals surface area contributed by atoms with Crippen LogP contribution in [0.4, 0.5) is 5.13 Å². The Morgan fingerprint density at radius 1 is 1.12 bits per heavy atom. The Balaban J connectivity index is 1.46. The van der Waals surface area contributed by atoms with Crippen molar-refractivity contribution in [1.82, 2.24) is 20.5 Å². The summed E-state index contributed by atoms with van der Waals surface area (Å²) in [5.74, 6) is 0.764. The minimum absolute atomic E-state index is 0.0976. The summed E-state index contributed by atoms with van der Waals surface area (Å²) in [6.07, 6.45) is 2.17. The van der Waals surface area contributed by atoms with Crippen LogP contribution in [0.2, 0.25) is 0 Å². The van der Waals surface area contributed by atoms with Crippen molar-refractivity contribution in [2.45, 2.75) is 78.1 Å². The number of nitrogens with zero attached hydrogens (tertiary/aromatic N) is 3. The van der Waals surface area contributed by atoms with Crippen LogP contribution in [0.25, 0.3) is 21.6 Å². The van der Waals surface area contributed by atoms with Gasteiger partial charge in [-0.25, -0.2) is 0 Å². The number of anilines is 1. The fraction of sp³-hybridized carbons (Fsp3) is 0.520. The number of aromatic nitrogens is 3. The van der Waals surface area contributed by atoms with Crippen LogP contribution in [-0.2, 0) is 6.61 Å². The standard InChI is InChI=1S/C25H33N5OS/c1-14-20(15(2)28-27-14)16-8-9-19-17(10-16)13-31-22-21(19)32-23(26-22)30(7)18-11-24(3,4)29-25(5,6)12-18/h8-10,18,29H,11-13H2,1-7H3,(H,27,28). The zero-order valence-electron chi connectivity index (χ0n) is 20.1. The topological polar surface area (TPSA) is 66.1 Å². The maximum Gasteiger partial charge on any atom is 0.234 e. The third kappa shape index (κ3) is 3.71. The number of hydrogen-bond donors (Lipinski definition) is 2. The molecule has 0 amide bonds. The first-order valence-electron chi connectivity index (χ1n) is 11.3. The van der Waals surface area contributed by atoms with E-state index >= 15 is 0 Å². The molecule has 2 aliphatic rings. The molecule has 2 N–H and O–H groups in total. The van der Waals surface area contributed by atoms with E-state index in [-0.39, 0.29) is 11.1 Å². The molecule has 1 saturated heterocycles. The number of piperidine rings is 1. The van der Waals surface area contributed by atoms with Crippen molar-refractivity contribution in [2.24, 2.45) is 0 Å². The maximum absolute atomic E-state index is 6.12. The fourth-order valence-corrected chi connectivity index (χ4v) is 6.73. The van der Waals surface area contributed by atoms with Crippen LogP contribution in [0.15, 0.2) is 18.2 Å². The number of H-pyrrole nitrogens is 1. The molecular weight excluding hydrogens is 418 g/mol. The minimum atomic E-state index is 0.0976. The summed E-state index contributed by atoms with van der Waals surface area (Å²) >= 11 is 1.74. The second-order valence-corrected chi connectivity index (χ2v) is 11.6. The van der Waals surface area contributed by atoms with Crippen molar-refractivity contribution in [3.05, 3.63) is 35.2 Å². The first kappa shape index (κ1) is 21.5. The lowest BCUT2D eigenvalue weighted by atomic mass is 9.79. The molecule has 32 heavy (non-hydrogen) atoms. The van der Waals surface area contributed by atoms with Gasteiger partial charge in [-0.3, -0.25) is 5.10 Å². The largest absolute Gasteiger partial charge is 0.472 e. The van der Waals surface area contributed by atoms with Crippen molar-refractivity contribution in [3.63, 3.8) is 0 Å². The van der Waals surface area contributed by atoms with Gasteiger partial charge >= 0.3 is 0 Å². The first-order valence-corrected chi connectivity index (χ1v) is 12.2. The third-order valence-electron chi connectivity index (χ3n) is 6.73. The smallest absolute Gasteiger partial charge is 0.234 e. The first-order chi connectivity index (χ1) is 15.0. The monoisotopic (exact) mass is 451 g/mol. The van der Waals surface area contributed by atoms with Gasteiger partial charge in [-0.1, -0.05) is 23.5 Å². The fourth-order valence-electron chi connectivity index (χ4n) is 5.63. The predicted molar refractivity (Wildman–Crippen MR) is 132 cm³/mol. The molecule has 0 atom stereocenters. The molecule has 7 heteroatoms. The summed E-state index contributed by atoms with van der Waals surface area (Å²) in [6, 6.07) is 7.09. The number of nitrogens with one attached hydrogen (secondary N) is 2. The van der Waals surface area contributed by atoms with Gasteiger partial charge < -0.3 is 15.0 Å². The van der Waals surface area contributed by atoms with Crippen LogP contribution in [0.3, 0.4) is 0 Å². The van der Waals surface area contributed by atoms with Crippen LogP contribution in [-0.4, -0.2) is 39.3 Å². The Labute approximate surface area is 194 Å². The number of benzene rings is 1. The molecule has 5 rings (SSSR count). The van der Waals surface area contributed by atoms with E-state index in [2.05, 4.69) is 80.3 Å². The summed E-state index contributed by atoms with van der Waals surface area (Å²) in [5, 5.41) is 12.3. The highest BCUT2D eigenvalue weighted by Crippen LogP contribution is 2.46. The van der Waals surface area contributed by atoms with Gasteiger partial charge in [0.05, 0.1) is 5.69 Å². The molecule has 1 fully saturated rings. The van der Waals surface area contributed by atoms with Gasteiger partial charge in [-0.15, -0.1) is 0 Å². The summed E-state index contributed by atoms with van der Waals surface area (Å²) in [5.41, 5.74) is 7.11. The molecule has 0 aliphatic carbocycles. The maximum atomic E-state index is 6.12. The molecular formula is C25H33N5OS. The van der Waals surface area contributed by atoms with Gasteiger partial charge in [0.25, 0.3) is 0 Å². The Kier molecular flexibility index (Phi) is 4.91. The molecule has 0 saturated carbocycles. The van der Waals surface area contributed by atoms with E-state index in [1.165, 1.54) is 22.3 Å². The van der Waals surface area contributed by atoms with Crippen LogP contribution in [0, 0.1) is 13.8 Å². The second kappa shape index (κ2) is 7.32. The molecule has 0 bridgehead atoms. The molecule has 6 nitrogen and oxygen atoms in total. The molecule has 3 aromatic rings. The Bertz CT molecular complexity index is 1140. The van der Waals surface area contributed by atoms with Crippen molar-refractivity contribution >= 4 is 16.5 Å². The summed E-state index contributed by atoms with van der Waals surface area (Å²) in [7, 11) is 2.18. The van der Waals surface area contributed by atoms with Crippen molar-refractivity contribution in [3.8, 4) is 27.4 Å². The lowest BCUT2D eigenvalue weighted by molar-refractivity contribution is 0.161. The lowest BCUT2D eigenvalue weighted by Gasteiger charge is -2.48. The summed E-state index contributed by atoms with van der Waals surface area (Å²) in [4.78, 5) is 8.40. The average molecular weight is 452 g/mol. The van der Waals surface area contributed by atoms with Crippen molar-refractivity contribution in [2.75, 3.05) is 11.9 Å². The lowest BCUT2D eigenvalue weighted by Crippen LogP contribution is -2.61. The van der Waals surface area contributed by atoms with Gasteiger partial charge in [0.1, 0.15) is 11.5 Å². The highest BCUT2D eigenvalue weighted by atomic mass is 32.1. The van der Waals surface area contributed by atoms with Crippen molar-refractivity contribution < 1.29 is 4.74 Å². The summed E-state index contributed by atoms with van der Waals surface area (Å²) in [6.45, 7) is 13.8. The number of fused-ring (bicyclic) bond motifs is 3.